The SMILES string of the molecule is CCC1CC2C=C(C(=O)NO)C1CC2. The first-order chi connectivity index (χ1) is 6.76. The van der Waals surface area contributed by atoms with Crippen LogP contribution in [0.4, 0.5) is 0 Å². The minimum absolute atomic E-state index is 0.294. The lowest BCUT2D eigenvalue weighted by Gasteiger charge is -2.40. The lowest BCUT2D eigenvalue weighted by atomic mass is 9.64. The fourth-order valence-electron chi connectivity index (χ4n) is 3.00. The second-order valence-corrected chi connectivity index (χ2v) is 4.41. The summed E-state index contributed by atoms with van der Waals surface area (Å²) in [4.78, 5) is 11.4. The number of carbonyl (C=O) groups excluding carboxylic acids is 1. The van der Waals surface area contributed by atoms with Gasteiger partial charge in [0.2, 0.25) is 0 Å². The highest BCUT2D eigenvalue weighted by molar-refractivity contribution is 5.93. The molecule has 3 atom stereocenters. The van der Waals surface area contributed by atoms with Crippen LogP contribution >= 0.6 is 0 Å². The van der Waals surface area contributed by atoms with Crippen molar-refractivity contribution in [1.29, 1.82) is 0 Å². The van der Waals surface area contributed by atoms with Gasteiger partial charge in [0.1, 0.15) is 0 Å². The fraction of sp³-hybridized carbons (Fsp3) is 0.727. The molecule has 3 heteroatoms. The van der Waals surface area contributed by atoms with Crippen molar-refractivity contribution in [1.82, 2.24) is 5.48 Å². The van der Waals surface area contributed by atoms with Crippen molar-refractivity contribution in [2.45, 2.75) is 32.6 Å². The predicted molar refractivity (Wildman–Crippen MR) is 52.6 cm³/mol. The number of fused-ring (bicyclic) bond motifs is 2. The molecule has 0 aromatic heterocycles. The van der Waals surface area contributed by atoms with E-state index in [-0.39, 0.29) is 5.91 Å². The lowest BCUT2D eigenvalue weighted by molar-refractivity contribution is -0.126. The van der Waals surface area contributed by atoms with E-state index in [1.807, 2.05) is 0 Å². The Labute approximate surface area is 84.1 Å². The van der Waals surface area contributed by atoms with E-state index in [0.29, 0.717) is 17.8 Å². The van der Waals surface area contributed by atoms with Crippen molar-refractivity contribution in [2.24, 2.45) is 17.8 Å². The summed E-state index contributed by atoms with van der Waals surface area (Å²) in [7, 11) is 0. The Kier molecular flexibility index (Phi) is 2.59. The van der Waals surface area contributed by atoms with Crippen molar-refractivity contribution in [2.75, 3.05) is 0 Å². The Hall–Kier alpha value is -0.830. The highest BCUT2D eigenvalue weighted by Crippen LogP contribution is 2.45. The molecule has 14 heavy (non-hydrogen) atoms. The summed E-state index contributed by atoms with van der Waals surface area (Å²) in [5.41, 5.74) is 2.58. The molecule has 3 rings (SSSR count). The Morgan fingerprint density at radius 1 is 1.64 bits per heavy atom. The van der Waals surface area contributed by atoms with Gasteiger partial charge in [-0.05, 0) is 37.0 Å². The lowest BCUT2D eigenvalue weighted by Crippen LogP contribution is -2.36. The summed E-state index contributed by atoms with van der Waals surface area (Å²) in [5.74, 6) is 1.30. The van der Waals surface area contributed by atoms with Gasteiger partial charge >= 0.3 is 0 Å². The van der Waals surface area contributed by atoms with Crippen LogP contribution in [0.3, 0.4) is 0 Å². The van der Waals surface area contributed by atoms with Gasteiger partial charge in [-0.2, -0.15) is 0 Å². The summed E-state index contributed by atoms with van der Waals surface area (Å²) in [5, 5.41) is 8.63. The minimum atomic E-state index is -0.294. The van der Waals surface area contributed by atoms with Gasteiger partial charge in [-0.25, -0.2) is 5.48 Å². The van der Waals surface area contributed by atoms with Gasteiger partial charge < -0.3 is 0 Å². The molecule has 0 aromatic rings. The standard InChI is InChI=1S/C11H17NO2/c1-2-8-5-7-3-4-9(8)10(6-7)11(13)12-14/h6-9,14H,2-5H2,1H3,(H,12,13). The zero-order chi connectivity index (χ0) is 10.1. The highest BCUT2D eigenvalue weighted by atomic mass is 16.5. The first-order valence-corrected chi connectivity index (χ1v) is 5.42. The fourth-order valence-corrected chi connectivity index (χ4v) is 3.00. The van der Waals surface area contributed by atoms with Crippen LogP contribution in [0, 0.1) is 17.8 Å². The monoisotopic (exact) mass is 195 g/mol. The molecule has 0 spiro atoms. The second kappa shape index (κ2) is 3.73. The Morgan fingerprint density at radius 3 is 3.00 bits per heavy atom. The van der Waals surface area contributed by atoms with E-state index in [1.165, 1.54) is 12.8 Å². The maximum absolute atomic E-state index is 11.4. The van der Waals surface area contributed by atoms with Crippen molar-refractivity contribution < 1.29 is 10.0 Å². The summed E-state index contributed by atoms with van der Waals surface area (Å²) in [6.07, 6.45) is 6.75. The number of hydrogen-bond donors (Lipinski definition) is 2. The van der Waals surface area contributed by atoms with Crippen LogP contribution in [-0.4, -0.2) is 11.1 Å². The van der Waals surface area contributed by atoms with Crippen LogP contribution in [0.1, 0.15) is 32.6 Å². The van der Waals surface area contributed by atoms with E-state index in [2.05, 4.69) is 13.0 Å². The van der Waals surface area contributed by atoms with Crippen LogP contribution in [0.2, 0.25) is 0 Å². The third-order valence-corrected chi connectivity index (χ3v) is 3.73. The van der Waals surface area contributed by atoms with Crippen molar-refractivity contribution >= 4 is 5.91 Å². The van der Waals surface area contributed by atoms with Crippen molar-refractivity contribution in [3.05, 3.63) is 11.6 Å². The van der Waals surface area contributed by atoms with Crippen molar-refractivity contribution in [3.8, 4) is 0 Å². The smallest absolute Gasteiger partial charge is 0.270 e. The average molecular weight is 195 g/mol. The van der Waals surface area contributed by atoms with E-state index >= 15 is 0 Å². The van der Waals surface area contributed by atoms with E-state index in [1.54, 1.807) is 5.48 Å². The van der Waals surface area contributed by atoms with Gasteiger partial charge in [-0.15, -0.1) is 0 Å². The topological polar surface area (TPSA) is 49.3 Å². The summed E-state index contributed by atoms with van der Waals surface area (Å²) in [6, 6.07) is 0. The minimum Gasteiger partial charge on any atom is -0.288 e. The van der Waals surface area contributed by atoms with Gasteiger partial charge in [-0.3, -0.25) is 10.0 Å². The van der Waals surface area contributed by atoms with Gasteiger partial charge in [0.25, 0.3) is 5.91 Å². The molecule has 2 N–H and O–H groups in total. The molecule has 1 amide bonds. The van der Waals surface area contributed by atoms with Crippen LogP contribution in [0.5, 0.6) is 0 Å². The molecular weight excluding hydrogens is 178 g/mol. The number of hydroxylamine groups is 1. The van der Waals surface area contributed by atoms with E-state index in [0.717, 1.165) is 18.4 Å². The summed E-state index contributed by atoms with van der Waals surface area (Å²) < 4.78 is 0. The van der Waals surface area contributed by atoms with Gasteiger partial charge in [0, 0.05) is 5.57 Å². The number of hydrogen-bond acceptors (Lipinski definition) is 2. The van der Waals surface area contributed by atoms with Gasteiger partial charge in [-0.1, -0.05) is 19.4 Å². The number of nitrogens with one attached hydrogen (secondary N) is 1. The third kappa shape index (κ3) is 1.46. The highest BCUT2D eigenvalue weighted by Gasteiger charge is 2.38. The molecule has 2 bridgehead atoms. The molecule has 3 unspecified atom stereocenters. The predicted octanol–water partition coefficient (Wildman–Crippen LogP) is 1.87. The molecule has 3 nitrogen and oxygen atoms in total. The third-order valence-electron chi connectivity index (χ3n) is 3.73. The van der Waals surface area contributed by atoms with E-state index < -0.39 is 0 Å². The zero-order valence-corrected chi connectivity index (χ0v) is 8.49. The Balaban J connectivity index is 2.22. The van der Waals surface area contributed by atoms with Crippen LogP contribution in [0.25, 0.3) is 0 Å². The summed E-state index contributed by atoms with van der Waals surface area (Å²) >= 11 is 0. The Morgan fingerprint density at radius 2 is 2.43 bits per heavy atom. The Bertz CT molecular complexity index is 272. The molecule has 0 radical (unpaired) electrons. The molecule has 78 valence electrons. The maximum Gasteiger partial charge on any atom is 0.270 e. The van der Waals surface area contributed by atoms with Crippen LogP contribution < -0.4 is 5.48 Å². The zero-order valence-electron chi connectivity index (χ0n) is 8.49. The molecule has 1 fully saturated rings. The molecule has 1 saturated carbocycles. The summed E-state index contributed by atoms with van der Waals surface area (Å²) in [6.45, 7) is 2.18. The van der Waals surface area contributed by atoms with Gasteiger partial charge in [0.05, 0.1) is 0 Å². The number of amides is 1. The molecule has 0 heterocycles. The largest absolute Gasteiger partial charge is 0.288 e. The normalized spacial score (nSPS) is 35.3. The van der Waals surface area contributed by atoms with E-state index in [9.17, 15) is 4.79 Å². The number of rotatable bonds is 2. The average Bonchev–Trinajstić information content (AvgIpc) is 2.28. The van der Waals surface area contributed by atoms with E-state index in [4.69, 9.17) is 5.21 Å². The molecule has 0 aromatic carbocycles. The number of allylic oxidation sites excluding steroid dienone is 1. The van der Waals surface area contributed by atoms with Crippen molar-refractivity contribution in [3.63, 3.8) is 0 Å². The van der Waals surface area contributed by atoms with Crippen LogP contribution in [0.15, 0.2) is 11.6 Å². The first-order valence-electron chi connectivity index (χ1n) is 5.42. The molecule has 3 aliphatic rings. The maximum atomic E-state index is 11.4. The van der Waals surface area contributed by atoms with Crippen LogP contribution in [-0.2, 0) is 4.79 Å². The number of carbonyl (C=O) groups is 1. The second-order valence-electron chi connectivity index (χ2n) is 4.41. The molecule has 0 saturated heterocycles. The molecule has 0 aliphatic heterocycles. The molecular formula is C11H17NO2. The molecule has 3 aliphatic carbocycles. The quantitative estimate of drug-likeness (QED) is 0.522. The van der Waals surface area contributed by atoms with Gasteiger partial charge in [0.15, 0.2) is 0 Å². The first kappa shape index (κ1) is 9.71.